The highest BCUT2D eigenvalue weighted by Gasteiger charge is 2.17. The normalized spacial score (nSPS) is 10.7. The Morgan fingerprint density at radius 2 is 1.95 bits per heavy atom. The van der Waals surface area contributed by atoms with Crippen molar-refractivity contribution in [2.45, 2.75) is 33.7 Å². The summed E-state index contributed by atoms with van der Waals surface area (Å²) in [4.78, 5) is 11.3. The van der Waals surface area contributed by atoms with Crippen LogP contribution >= 0.6 is 0 Å². The van der Waals surface area contributed by atoms with E-state index < -0.39 is 5.97 Å². The van der Waals surface area contributed by atoms with Gasteiger partial charge in [-0.3, -0.25) is 4.68 Å². The van der Waals surface area contributed by atoms with Crippen LogP contribution in [0.25, 0.3) is 11.3 Å². The summed E-state index contributed by atoms with van der Waals surface area (Å²) < 4.78 is 6.94. The molecule has 0 amide bonds. The maximum atomic E-state index is 11.3. The molecular formula is C16H20N2O3. The first-order valence-electron chi connectivity index (χ1n) is 6.94. The Hall–Kier alpha value is -2.30. The van der Waals surface area contributed by atoms with Crippen LogP contribution in [-0.2, 0) is 6.54 Å². The molecule has 0 saturated carbocycles. The number of aromatic carboxylic acids is 1. The first-order chi connectivity index (χ1) is 9.97. The number of nitrogens with zero attached hydrogens (tertiary/aromatic N) is 2. The van der Waals surface area contributed by atoms with Gasteiger partial charge in [-0.25, -0.2) is 4.79 Å². The lowest BCUT2D eigenvalue weighted by Crippen LogP contribution is -2.09. The number of rotatable bonds is 5. The van der Waals surface area contributed by atoms with E-state index in [0.29, 0.717) is 18.0 Å². The zero-order valence-corrected chi connectivity index (χ0v) is 12.8. The summed E-state index contributed by atoms with van der Waals surface area (Å²) in [7, 11) is 1.61. The molecule has 1 N–H and O–H groups in total. The van der Waals surface area contributed by atoms with Gasteiger partial charge in [-0.2, -0.15) is 5.10 Å². The van der Waals surface area contributed by atoms with Crippen molar-refractivity contribution in [3.8, 4) is 17.0 Å². The van der Waals surface area contributed by atoms with Crippen LogP contribution in [0.2, 0.25) is 0 Å². The molecular weight excluding hydrogens is 268 g/mol. The molecule has 0 aliphatic carbocycles. The molecule has 5 nitrogen and oxygen atoms in total. The summed E-state index contributed by atoms with van der Waals surface area (Å²) in [6.45, 7) is 6.60. The fraction of sp³-hybridized carbons (Fsp3) is 0.375. The minimum atomic E-state index is -0.968. The van der Waals surface area contributed by atoms with Crippen molar-refractivity contribution in [3.63, 3.8) is 0 Å². The van der Waals surface area contributed by atoms with Crippen molar-refractivity contribution in [1.29, 1.82) is 0 Å². The number of carboxylic acid groups (broad SMARTS) is 1. The van der Waals surface area contributed by atoms with Gasteiger partial charge in [-0.15, -0.1) is 0 Å². The summed E-state index contributed by atoms with van der Waals surface area (Å²) in [6, 6.07) is 5.53. The second kappa shape index (κ2) is 5.99. The molecule has 0 fully saturated rings. The number of carboxylic acids is 1. The minimum absolute atomic E-state index is 0.201. The summed E-state index contributed by atoms with van der Waals surface area (Å²) in [5.74, 6) is -0.263. The van der Waals surface area contributed by atoms with Crippen LogP contribution in [0.1, 0.15) is 35.0 Å². The van der Waals surface area contributed by atoms with Gasteiger partial charge in [0.15, 0.2) is 0 Å². The van der Waals surface area contributed by atoms with E-state index in [2.05, 4.69) is 5.10 Å². The fourth-order valence-electron chi connectivity index (χ4n) is 2.26. The SMILES string of the molecule is CCCn1nc(-c2cc(C)c(C)cc2OC)cc1C(=O)O. The predicted molar refractivity (Wildman–Crippen MR) is 80.9 cm³/mol. The van der Waals surface area contributed by atoms with Gasteiger partial charge in [0, 0.05) is 12.1 Å². The van der Waals surface area contributed by atoms with Gasteiger partial charge in [0.2, 0.25) is 0 Å². The highest BCUT2D eigenvalue weighted by molar-refractivity contribution is 5.87. The van der Waals surface area contributed by atoms with E-state index in [9.17, 15) is 9.90 Å². The molecule has 0 aliphatic rings. The Morgan fingerprint density at radius 1 is 1.29 bits per heavy atom. The van der Waals surface area contributed by atoms with Gasteiger partial charge >= 0.3 is 5.97 Å². The van der Waals surface area contributed by atoms with E-state index in [1.165, 1.54) is 4.68 Å². The third-order valence-corrected chi connectivity index (χ3v) is 3.53. The zero-order valence-electron chi connectivity index (χ0n) is 12.8. The Kier molecular flexibility index (Phi) is 4.31. The molecule has 112 valence electrons. The van der Waals surface area contributed by atoms with Gasteiger partial charge in [-0.05, 0) is 49.6 Å². The number of carbonyl (C=O) groups is 1. The molecule has 0 atom stereocenters. The van der Waals surface area contributed by atoms with Crippen molar-refractivity contribution in [3.05, 3.63) is 35.0 Å². The highest BCUT2D eigenvalue weighted by Crippen LogP contribution is 2.32. The molecule has 21 heavy (non-hydrogen) atoms. The summed E-state index contributed by atoms with van der Waals surface area (Å²) in [6.07, 6.45) is 0.825. The Morgan fingerprint density at radius 3 is 2.52 bits per heavy atom. The lowest BCUT2D eigenvalue weighted by atomic mass is 10.0. The number of hydrogen-bond acceptors (Lipinski definition) is 3. The van der Waals surface area contributed by atoms with Crippen LogP contribution in [0.5, 0.6) is 5.75 Å². The number of benzene rings is 1. The van der Waals surface area contributed by atoms with Crippen molar-refractivity contribution in [2.75, 3.05) is 7.11 Å². The second-order valence-corrected chi connectivity index (χ2v) is 5.08. The molecule has 0 bridgehead atoms. The van der Waals surface area contributed by atoms with Gasteiger partial charge in [0.1, 0.15) is 11.4 Å². The molecule has 0 radical (unpaired) electrons. The van der Waals surface area contributed by atoms with E-state index in [0.717, 1.165) is 23.1 Å². The standard InChI is InChI=1S/C16H20N2O3/c1-5-6-18-14(16(19)20)9-13(17-18)12-7-10(2)11(3)8-15(12)21-4/h7-9H,5-6H2,1-4H3,(H,19,20). The molecule has 1 aromatic heterocycles. The van der Waals surface area contributed by atoms with Crippen LogP contribution in [-0.4, -0.2) is 28.0 Å². The fourth-order valence-corrected chi connectivity index (χ4v) is 2.26. The molecule has 0 spiro atoms. The smallest absolute Gasteiger partial charge is 0.354 e. The average Bonchev–Trinajstić information content (AvgIpc) is 2.86. The van der Waals surface area contributed by atoms with Crippen LogP contribution in [0, 0.1) is 13.8 Å². The topological polar surface area (TPSA) is 64.4 Å². The van der Waals surface area contributed by atoms with E-state index in [1.54, 1.807) is 13.2 Å². The molecule has 2 rings (SSSR count). The zero-order chi connectivity index (χ0) is 15.6. The Labute approximate surface area is 124 Å². The second-order valence-electron chi connectivity index (χ2n) is 5.08. The largest absolute Gasteiger partial charge is 0.496 e. The number of hydrogen-bond donors (Lipinski definition) is 1. The lowest BCUT2D eigenvalue weighted by Gasteiger charge is -2.10. The Balaban J connectivity index is 2.59. The molecule has 1 heterocycles. The van der Waals surface area contributed by atoms with Crippen molar-refractivity contribution in [1.82, 2.24) is 9.78 Å². The molecule has 0 unspecified atom stereocenters. The molecule has 0 saturated heterocycles. The third-order valence-electron chi connectivity index (χ3n) is 3.53. The summed E-state index contributed by atoms with van der Waals surface area (Å²) in [5.41, 5.74) is 3.89. The van der Waals surface area contributed by atoms with Crippen LogP contribution in [0.3, 0.4) is 0 Å². The van der Waals surface area contributed by atoms with Crippen molar-refractivity contribution >= 4 is 5.97 Å². The number of aryl methyl sites for hydroxylation is 3. The molecule has 0 aliphatic heterocycles. The van der Waals surface area contributed by atoms with Crippen molar-refractivity contribution < 1.29 is 14.6 Å². The Bertz CT molecular complexity index is 674. The monoisotopic (exact) mass is 288 g/mol. The van der Waals surface area contributed by atoms with Crippen LogP contribution < -0.4 is 4.74 Å². The number of ether oxygens (including phenoxy) is 1. The minimum Gasteiger partial charge on any atom is -0.496 e. The maximum absolute atomic E-state index is 11.3. The van der Waals surface area contributed by atoms with Gasteiger partial charge in [-0.1, -0.05) is 6.92 Å². The highest BCUT2D eigenvalue weighted by atomic mass is 16.5. The van der Waals surface area contributed by atoms with Gasteiger partial charge in [0.05, 0.1) is 12.8 Å². The summed E-state index contributed by atoms with van der Waals surface area (Å²) in [5, 5.41) is 13.7. The van der Waals surface area contributed by atoms with Crippen LogP contribution in [0.4, 0.5) is 0 Å². The molecule has 1 aromatic carbocycles. The maximum Gasteiger partial charge on any atom is 0.354 e. The first-order valence-corrected chi connectivity index (χ1v) is 6.94. The molecule has 2 aromatic rings. The van der Waals surface area contributed by atoms with E-state index >= 15 is 0 Å². The van der Waals surface area contributed by atoms with E-state index in [4.69, 9.17) is 4.74 Å². The summed E-state index contributed by atoms with van der Waals surface area (Å²) >= 11 is 0. The number of methoxy groups -OCH3 is 1. The molecule has 5 heteroatoms. The van der Waals surface area contributed by atoms with E-state index in [1.807, 2.05) is 32.9 Å². The van der Waals surface area contributed by atoms with Gasteiger partial charge in [0.25, 0.3) is 0 Å². The first kappa shape index (κ1) is 15.1. The van der Waals surface area contributed by atoms with Crippen molar-refractivity contribution in [2.24, 2.45) is 0 Å². The lowest BCUT2D eigenvalue weighted by molar-refractivity contribution is 0.0683. The van der Waals surface area contributed by atoms with Gasteiger partial charge < -0.3 is 9.84 Å². The van der Waals surface area contributed by atoms with Crippen LogP contribution in [0.15, 0.2) is 18.2 Å². The third kappa shape index (κ3) is 2.91. The predicted octanol–water partition coefficient (Wildman–Crippen LogP) is 3.28. The average molecular weight is 288 g/mol. The quantitative estimate of drug-likeness (QED) is 0.917. The number of aromatic nitrogens is 2. The van der Waals surface area contributed by atoms with E-state index in [-0.39, 0.29) is 5.69 Å².